The molecule has 4 heteroatoms. The first kappa shape index (κ1) is 8.93. The lowest BCUT2D eigenvalue weighted by Crippen LogP contribution is -2.51. The zero-order valence-electron chi connectivity index (χ0n) is 6.62. The second kappa shape index (κ2) is 4.01. The van der Waals surface area contributed by atoms with Crippen molar-refractivity contribution in [3.05, 3.63) is 5.21 Å². The quantitative estimate of drug-likeness (QED) is 0.436. The van der Waals surface area contributed by atoms with E-state index in [1.165, 1.54) is 0 Å². The highest BCUT2D eigenvalue weighted by molar-refractivity contribution is 4.50. The van der Waals surface area contributed by atoms with Gasteiger partial charge < -0.3 is 14.6 Å². The highest BCUT2D eigenvalue weighted by Gasteiger charge is 2.19. The average Bonchev–Trinajstić information content (AvgIpc) is 2.03. The van der Waals surface area contributed by atoms with Gasteiger partial charge in [0.15, 0.2) is 0 Å². The van der Waals surface area contributed by atoms with E-state index < -0.39 is 0 Å². The summed E-state index contributed by atoms with van der Waals surface area (Å²) >= 11 is 0. The summed E-state index contributed by atoms with van der Waals surface area (Å²) in [5.74, 6) is 0. The van der Waals surface area contributed by atoms with Gasteiger partial charge >= 0.3 is 0 Å². The monoisotopic (exact) mass is 160 g/mol. The molecule has 1 heterocycles. The minimum atomic E-state index is -0.220. The highest BCUT2D eigenvalue weighted by atomic mass is 16.6. The number of quaternary nitrogens is 1. The number of nitrogens with zero attached hydrogens (tertiary/aromatic N) is 1. The molecule has 0 bridgehead atoms. The van der Waals surface area contributed by atoms with E-state index in [-0.39, 0.29) is 11.3 Å². The van der Waals surface area contributed by atoms with Crippen LogP contribution >= 0.6 is 0 Å². The van der Waals surface area contributed by atoms with Gasteiger partial charge in [0.2, 0.25) is 0 Å². The molecular formula is C7H14NO3. The van der Waals surface area contributed by atoms with Gasteiger partial charge in [0.1, 0.15) is 13.1 Å². The van der Waals surface area contributed by atoms with E-state index in [9.17, 15) is 10.3 Å². The Hall–Kier alpha value is -0.160. The summed E-state index contributed by atoms with van der Waals surface area (Å²) < 4.78 is 4.83. The summed E-state index contributed by atoms with van der Waals surface area (Å²) in [5.41, 5.74) is 0. The predicted octanol–water partition coefficient (Wildman–Crippen LogP) is 0.152. The first-order valence-electron chi connectivity index (χ1n) is 4.00. The molecule has 1 aliphatic rings. The van der Waals surface area contributed by atoms with Crippen LogP contribution < -0.4 is 0 Å². The topological polar surface area (TPSA) is 52.2 Å². The smallest absolute Gasteiger partial charge is 0.102 e. The van der Waals surface area contributed by atoms with Gasteiger partial charge in [-0.25, -0.2) is 5.11 Å². The molecule has 1 rings (SSSR count). The number of hydrogen-bond acceptors (Lipinski definition) is 2. The molecule has 65 valence electrons. The molecule has 0 saturated carbocycles. The van der Waals surface area contributed by atoms with Crippen LogP contribution in [-0.4, -0.2) is 44.1 Å². The Morgan fingerprint density at radius 3 is 2.55 bits per heavy atom. The van der Waals surface area contributed by atoms with Gasteiger partial charge in [-0.1, -0.05) is 0 Å². The van der Waals surface area contributed by atoms with Crippen molar-refractivity contribution in [2.45, 2.75) is 6.42 Å². The molecular weight excluding hydrogens is 146 g/mol. The molecule has 0 aliphatic carbocycles. The fourth-order valence-electron chi connectivity index (χ4n) is 1.25. The zero-order chi connectivity index (χ0) is 8.16. The fraction of sp³-hybridized carbons (Fsp3) is 1.00. The molecule has 1 aliphatic heterocycles. The van der Waals surface area contributed by atoms with Crippen molar-refractivity contribution in [1.82, 2.24) is 0 Å². The van der Waals surface area contributed by atoms with Crippen LogP contribution in [-0.2, 0) is 9.84 Å². The molecule has 1 saturated heterocycles. The second-order valence-corrected chi connectivity index (χ2v) is 2.90. The van der Waals surface area contributed by atoms with E-state index >= 15 is 0 Å². The third kappa shape index (κ3) is 2.75. The summed E-state index contributed by atoms with van der Waals surface area (Å²) in [6.45, 7) is 2.45. The SMILES string of the molecule is [O]CCC[N+]1([O-])CCOCC1. The third-order valence-electron chi connectivity index (χ3n) is 2.00. The number of morpholine rings is 1. The van der Waals surface area contributed by atoms with Gasteiger partial charge in [0, 0.05) is 6.42 Å². The Labute approximate surface area is 66.5 Å². The van der Waals surface area contributed by atoms with Crippen molar-refractivity contribution in [1.29, 1.82) is 0 Å². The van der Waals surface area contributed by atoms with Crippen molar-refractivity contribution < 1.29 is 14.5 Å². The molecule has 0 aromatic rings. The Kier molecular flexibility index (Phi) is 3.26. The highest BCUT2D eigenvalue weighted by Crippen LogP contribution is 2.09. The Morgan fingerprint density at radius 1 is 1.36 bits per heavy atom. The van der Waals surface area contributed by atoms with Crippen molar-refractivity contribution >= 4 is 0 Å². The van der Waals surface area contributed by atoms with E-state index in [1.54, 1.807) is 0 Å². The van der Waals surface area contributed by atoms with Gasteiger partial charge in [-0.2, -0.15) is 0 Å². The molecule has 11 heavy (non-hydrogen) atoms. The molecule has 0 amide bonds. The fourth-order valence-corrected chi connectivity index (χ4v) is 1.25. The molecule has 0 aromatic heterocycles. The molecule has 0 unspecified atom stereocenters. The summed E-state index contributed by atoms with van der Waals surface area (Å²) in [7, 11) is 0. The average molecular weight is 160 g/mol. The lowest BCUT2D eigenvalue weighted by atomic mass is 10.3. The van der Waals surface area contributed by atoms with Crippen LogP contribution in [0, 0.1) is 5.21 Å². The van der Waals surface area contributed by atoms with Crippen LogP contribution in [0.25, 0.3) is 0 Å². The maximum absolute atomic E-state index is 11.6. The first-order chi connectivity index (χ1) is 5.27. The van der Waals surface area contributed by atoms with E-state index in [2.05, 4.69) is 0 Å². The molecule has 1 fully saturated rings. The van der Waals surface area contributed by atoms with Gasteiger partial charge in [0.25, 0.3) is 0 Å². The van der Waals surface area contributed by atoms with Crippen LogP contribution in [0.5, 0.6) is 0 Å². The second-order valence-electron chi connectivity index (χ2n) is 2.90. The Balaban J connectivity index is 2.25. The van der Waals surface area contributed by atoms with Gasteiger partial charge in [0.05, 0.1) is 26.4 Å². The van der Waals surface area contributed by atoms with Crippen LogP contribution in [0.4, 0.5) is 0 Å². The van der Waals surface area contributed by atoms with Crippen molar-refractivity contribution in [2.75, 3.05) is 39.5 Å². The molecule has 4 nitrogen and oxygen atoms in total. The van der Waals surface area contributed by atoms with E-state index in [1.807, 2.05) is 0 Å². The lowest BCUT2D eigenvalue weighted by Gasteiger charge is -2.45. The summed E-state index contributed by atoms with van der Waals surface area (Å²) in [5, 5.41) is 21.7. The van der Waals surface area contributed by atoms with E-state index in [0.29, 0.717) is 39.3 Å². The van der Waals surface area contributed by atoms with Crippen LogP contribution in [0.3, 0.4) is 0 Å². The number of rotatable bonds is 3. The maximum atomic E-state index is 11.6. The predicted molar refractivity (Wildman–Crippen MR) is 39.2 cm³/mol. The lowest BCUT2D eigenvalue weighted by molar-refractivity contribution is -0.888. The maximum Gasteiger partial charge on any atom is 0.102 e. The summed E-state index contributed by atoms with van der Waals surface area (Å²) in [6, 6.07) is 0. The number of hydroxylamine groups is 3. The standard InChI is InChI=1S/C7H14NO3/c9-5-1-2-8(10)3-6-11-7-4-8/h1-7H2. The minimum absolute atomic E-state index is 0.136. The van der Waals surface area contributed by atoms with Crippen molar-refractivity contribution in [3.63, 3.8) is 0 Å². The Bertz CT molecular complexity index is 112. The van der Waals surface area contributed by atoms with Gasteiger partial charge in [-0.15, -0.1) is 0 Å². The Morgan fingerprint density at radius 2 is 2.00 bits per heavy atom. The van der Waals surface area contributed by atoms with Gasteiger partial charge in [-0.3, -0.25) is 0 Å². The van der Waals surface area contributed by atoms with E-state index in [0.717, 1.165) is 0 Å². The zero-order valence-corrected chi connectivity index (χ0v) is 6.62. The van der Waals surface area contributed by atoms with Crippen molar-refractivity contribution in [3.8, 4) is 0 Å². The molecule has 0 spiro atoms. The third-order valence-corrected chi connectivity index (χ3v) is 2.00. The normalized spacial score (nSPS) is 23.5. The first-order valence-corrected chi connectivity index (χ1v) is 4.00. The molecule has 0 N–H and O–H groups in total. The number of hydrogen-bond donors (Lipinski definition) is 0. The van der Waals surface area contributed by atoms with E-state index in [4.69, 9.17) is 4.74 Å². The summed E-state index contributed by atoms with van der Waals surface area (Å²) in [6.07, 6.45) is 0.490. The molecule has 0 atom stereocenters. The number of ether oxygens (including phenoxy) is 1. The molecule has 1 radical (unpaired) electrons. The van der Waals surface area contributed by atoms with Crippen molar-refractivity contribution in [2.24, 2.45) is 0 Å². The van der Waals surface area contributed by atoms with Crippen LogP contribution in [0.15, 0.2) is 0 Å². The summed E-state index contributed by atoms with van der Waals surface area (Å²) in [4.78, 5) is 0. The van der Waals surface area contributed by atoms with Crippen LogP contribution in [0.1, 0.15) is 6.42 Å². The largest absolute Gasteiger partial charge is 0.633 e. The molecule has 0 aromatic carbocycles. The van der Waals surface area contributed by atoms with Gasteiger partial charge in [-0.05, 0) is 0 Å². The van der Waals surface area contributed by atoms with Crippen LogP contribution in [0.2, 0.25) is 0 Å². The minimum Gasteiger partial charge on any atom is -0.633 e.